The van der Waals surface area contributed by atoms with Crippen LogP contribution in [-0.2, 0) is 0 Å². The van der Waals surface area contributed by atoms with Gasteiger partial charge in [0.15, 0.2) is 0 Å². The van der Waals surface area contributed by atoms with Crippen molar-refractivity contribution in [1.82, 2.24) is 9.88 Å². The van der Waals surface area contributed by atoms with Crippen LogP contribution in [-0.4, -0.2) is 45.7 Å². The number of hydrogen-bond donors (Lipinski definition) is 1. The number of thiazole rings is 1. The number of nitrogens with zero attached hydrogens (tertiary/aromatic N) is 2. The number of hydrogen-bond acceptors (Lipinski definition) is 5. The predicted octanol–water partition coefficient (Wildman–Crippen LogP) is 2.19. The van der Waals surface area contributed by atoms with Crippen molar-refractivity contribution in [3.8, 4) is 5.75 Å². The SMILES string of the molecule is C[C@@]1(O)CCN(C(=O)c2cncs2)C[C@H]1Oc1ccccc1. The third kappa shape index (κ3) is 3.13. The molecule has 1 aromatic heterocycles. The number of ether oxygens (including phenoxy) is 1. The smallest absolute Gasteiger partial charge is 0.265 e. The number of amides is 1. The Balaban J connectivity index is 1.74. The van der Waals surface area contributed by atoms with Gasteiger partial charge in [0.2, 0.25) is 0 Å². The average Bonchev–Trinajstić information content (AvgIpc) is 3.04. The van der Waals surface area contributed by atoms with Crippen LogP contribution in [0.3, 0.4) is 0 Å². The van der Waals surface area contributed by atoms with Crippen molar-refractivity contribution >= 4 is 17.2 Å². The van der Waals surface area contributed by atoms with E-state index in [0.29, 0.717) is 30.1 Å². The first-order valence-electron chi connectivity index (χ1n) is 7.18. The van der Waals surface area contributed by atoms with Crippen LogP contribution in [0.2, 0.25) is 0 Å². The van der Waals surface area contributed by atoms with Gasteiger partial charge in [-0.3, -0.25) is 9.78 Å². The van der Waals surface area contributed by atoms with Crippen LogP contribution in [0, 0.1) is 0 Å². The second-order valence-corrected chi connectivity index (χ2v) is 6.53. The highest BCUT2D eigenvalue weighted by Crippen LogP contribution is 2.27. The van der Waals surface area contributed by atoms with Crippen LogP contribution in [0.15, 0.2) is 42.0 Å². The molecule has 1 amide bonds. The summed E-state index contributed by atoms with van der Waals surface area (Å²) in [6.45, 7) is 2.63. The maximum atomic E-state index is 12.4. The molecule has 1 fully saturated rings. The molecule has 1 N–H and O–H groups in total. The first-order chi connectivity index (χ1) is 10.6. The van der Waals surface area contributed by atoms with Crippen molar-refractivity contribution in [3.63, 3.8) is 0 Å². The molecule has 2 atom stereocenters. The third-order valence-electron chi connectivity index (χ3n) is 3.92. The lowest BCUT2D eigenvalue weighted by Crippen LogP contribution is -2.57. The van der Waals surface area contributed by atoms with Crippen molar-refractivity contribution in [2.75, 3.05) is 13.1 Å². The van der Waals surface area contributed by atoms with Crippen LogP contribution < -0.4 is 4.74 Å². The number of carbonyl (C=O) groups is 1. The molecule has 1 aromatic carbocycles. The molecule has 1 saturated heterocycles. The van der Waals surface area contributed by atoms with Crippen molar-refractivity contribution in [3.05, 3.63) is 46.9 Å². The lowest BCUT2D eigenvalue weighted by Gasteiger charge is -2.42. The minimum Gasteiger partial charge on any atom is -0.486 e. The molecular weight excluding hydrogens is 300 g/mol. The number of aliphatic hydroxyl groups is 1. The lowest BCUT2D eigenvalue weighted by molar-refractivity contribution is -0.0880. The number of benzene rings is 1. The number of likely N-dealkylation sites (tertiary alicyclic amines) is 1. The van der Waals surface area contributed by atoms with Gasteiger partial charge in [-0.05, 0) is 25.5 Å². The summed E-state index contributed by atoms with van der Waals surface area (Å²) in [5.41, 5.74) is 0.686. The zero-order valence-electron chi connectivity index (χ0n) is 12.3. The first-order valence-corrected chi connectivity index (χ1v) is 8.06. The standard InChI is InChI=1S/C16H18N2O3S/c1-16(20)7-8-18(15(19)13-9-17-11-22-13)10-14(16)21-12-5-3-2-4-6-12/h2-6,9,11,14,20H,7-8,10H2,1H3/t14-,16-/m1/s1. The second-order valence-electron chi connectivity index (χ2n) is 5.64. The zero-order chi connectivity index (χ0) is 15.6. The van der Waals surface area contributed by atoms with E-state index in [-0.39, 0.29) is 5.91 Å². The molecule has 3 rings (SSSR count). The Morgan fingerprint density at radius 2 is 2.23 bits per heavy atom. The largest absolute Gasteiger partial charge is 0.486 e. The van der Waals surface area contributed by atoms with Crippen LogP contribution in [0.1, 0.15) is 23.0 Å². The molecule has 116 valence electrons. The summed E-state index contributed by atoms with van der Waals surface area (Å²) in [5, 5.41) is 10.6. The minimum atomic E-state index is -0.958. The minimum absolute atomic E-state index is 0.0559. The van der Waals surface area contributed by atoms with Crippen molar-refractivity contribution in [2.45, 2.75) is 25.0 Å². The molecule has 0 aliphatic carbocycles. The summed E-state index contributed by atoms with van der Waals surface area (Å²) in [6.07, 6.45) is 1.60. The molecule has 2 aromatic rings. The second kappa shape index (κ2) is 6.06. The number of piperidine rings is 1. The average molecular weight is 318 g/mol. The summed E-state index contributed by atoms with van der Waals surface area (Å²) in [4.78, 5) is 18.7. The van der Waals surface area contributed by atoms with Crippen molar-refractivity contribution in [1.29, 1.82) is 0 Å². The molecular formula is C16H18N2O3S. The van der Waals surface area contributed by atoms with Crippen molar-refractivity contribution < 1.29 is 14.6 Å². The molecule has 0 radical (unpaired) electrons. The molecule has 1 aliphatic heterocycles. The Hall–Kier alpha value is -1.92. The maximum Gasteiger partial charge on any atom is 0.265 e. The number of carbonyl (C=O) groups excluding carboxylic acids is 1. The zero-order valence-corrected chi connectivity index (χ0v) is 13.1. The molecule has 0 unspecified atom stereocenters. The fraction of sp³-hybridized carbons (Fsp3) is 0.375. The topological polar surface area (TPSA) is 62.7 Å². The Kier molecular flexibility index (Phi) is 4.13. The maximum absolute atomic E-state index is 12.4. The molecule has 5 nitrogen and oxygen atoms in total. The van der Waals surface area contributed by atoms with E-state index in [4.69, 9.17) is 4.74 Å². The molecule has 0 bridgehead atoms. The number of aromatic nitrogens is 1. The molecule has 22 heavy (non-hydrogen) atoms. The van der Waals surface area contributed by atoms with Gasteiger partial charge in [0.1, 0.15) is 22.3 Å². The number of rotatable bonds is 3. The van der Waals surface area contributed by atoms with Crippen LogP contribution >= 0.6 is 11.3 Å². The van der Waals surface area contributed by atoms with Gasteiger partial charge < -0.3 is 14.7 Å². The van der Waals surface area contributed by atoms with Gasteiger partial charge in [0.25, 0.3) is 5.91 Å². The van der Waals surface area contributed by atoms with Gasteiger partial charge in [-0.25, -0.2) is 0 Å². The first kappa shape index (κ1) is 15.0. The normalized spacial score (nSPS) is 25.0. The van der Waals surface area contributed by atoms with Gasteiger partial charge >= 0.3 is 0 Å². The van der Waals surface area contributed by atoms with E-state index in [1.54, 1.807) is 23.5 Å². The van der Waals surface area contributed by atoms with E-state index in [9.17, 15) is 9.90 Å². The third-order valence-corrected chi connectivity index (χ3v) is 4.68. The Labute approximate surface area is 133 Å². The summed E-state index contributed by atoms with van der Waals surface area (Å²) in [6, 6.07) is 9.37. The van der Waals surface area contributed by atoms with E-state index >= 15 is 0 Å². The van der Waals surface area contributed by atoms with Gasteiger partial charge in [-0.15, -0.1) is 11.3 Å². The predicted molar refractivity (Wildman–Crippen MR) is 84.1 cm³/mol. The van der Waals surface area contributed by atoms with E-state index in [1.165, 1.54) is 11.3 Å². The quantitative estimate of drug-likeness (QED) is 0.942. The van der Waals surface area contributed by atoms with E-state index in [2.05, 4.69) is 4.98 Å². The van der Waals surface area contributed by atoms with E-state index in [0.717, 1.165) is 0 Å². The van der Waals surface area contributed by atoms with E-state index < -0.39 is 11.7 Å². The van der Waals surface area contributed by atoms with Gasteiger partial charge in [-0.1, -0.05) is 18.2 Å². The van der Waals surface area contributed by atoms with Crippen LogP contribution in [0.25, 0.3) is 0 Å². The van der Waals surface area contributed by atoms with E-state index in [1.807, 2.05) is 30.3 Å². The summed E-state index contributed by atoms with van der Waals surface area (Å²) in [7, 11) is 0. The molecule has 2 heterocycles. The highest BCUT2D eigenvalue weighted by Gasteiger charge is 2.41. The fourth-order valence-electron chi connectivity index (χ4n) is 2.50. The highest BCUT2D eigenvalue weighted by atomic mass is 32.1. The Morgan fingerprint density at radius 1 is 1.45 bits per heavy atom. The Morgan fingerprint density at radius 3 is 2.91 bits per heavy atom. The van der Waals surface area contributed by atoms with Gasteiger partial charge in [0, 0.05) is 6.54 Å². The van der Waals surface area contributed by atoms with Crippen molar-refractivity contribution in [2.24, 2.45) is 0 Å². The summed E-state index contributed by atoms with van der Waals surface area (Å²) < 4.78 is 5.91. The van der Waals surface area contributed by atoms with Crippen LogP contribution in [0.4, 0.5) is 0 Å². The number of para-hydroxylation sites is 1. The summed E-state index contributed by atoms with van der Waals surface area (Å²) in [5.74, 6) is 0.638. The Bertz CT molecular complexity index is 628. The summed E-state index contributed by atoms with van der Waals surface area (Å²) >= 11 is 1.32. The molecule has 0 spiro atoms. The van der Waals surface area contributed by atoms with Gasteiger partial charge in [0.05, 0.1) is 18.3 Å². The van der Waals surface area contributed by atoms with Crippen LogP contribution in [0.5, 0.6) is 5.75 Å². The lowest BCUT2D eigenvalue weighted by atomic mass is 9.90. The molecule has 0 saturated carbocycles. The molecule has 1 aliphatic rings. The van der Waals surface area contributed by atoms with Gasteiger partial charge in [-0.2, -0.15) is 0 Å². The fourth-order valence-corrected chi connectivity index (χ4v) is 3.09. The monoisotopic (exact) mass is 318 g/mol. The molecule has 6 heteroatoms. The highest BCUT2D eigenvalue weighted by molar-refractivity contribution is 7.11.